The number of carbonyl (C=O) groups is 3. The summed E-state index contributed by atoms with van der Waals surface area (Å²) in [4.78, 5) is 63.7. The number of urea groups is 1. The summed E-state index contributed by atoms with van der Waals surface area (Å²) >= 11 is 0. The number of benzene rings is 4. The van der Waals surface area contributed by atoms with Crippen molar-refractivity contribution in [2.45, 2.75) is 6.92 Å². The molecule has 5 rings (SSSR count). The Hall–Kier alpha value is -6.37. The van der Waals surface area contributed by atoms with Crippen LogP contribution >= 0.6 is 0 Å². The molecule has 13 nitrogen and oxygen atoms in total. The van der Waals surface area contributed by atoms with Gasteiger partial charge in [-0.2, -0.15) is 0 Å². The Morgan fingerprint density at radius 3 is 1.80 bits per heavy atom. The Morgan fingerprint density at radius 2 is 1.27 bits per heavy atom. The zero-order valence-corrected chi connectivity index (χ0v) is 23.0. The van der Waals surface area contributed by atoms with Gasteiger partial charge in [0, 0.05) is 6.07 Å². The molecule has 1 aliphatic rings. The van der Waals surface area contributed by atoms with Crippen molar-refractivity contribution < 1.29 is 33.7 Å². The van der Waals surface area contributed by atoms with Crippen molar-refractivity contribution in [3.8, 4) is 17.2 Å². The van der Waals surface area contributed by atoms with Crippen LogP contribution in [0.15, 0.2) is 103 Å². The van der Waals surface area contributed by atoms with Gasteiger partial charge in [-0.05, 0) is 61.0 Å². The number of anilines is 2. The van der Waals surface area contributed by atoms with E-state index in [1.54, 1.807) is 67.6 Å². The molecule has 1 saturated heterocycles. The number of amides is 4. The third kappa shape index (κ3) is 5.69. The number of nitro benzene ring substituents is 2. The first-order chi connectivity index (χ1) is 21.2. The van der Waals surface area contributed by atoms with E-state index < -0.39 is 39.1 Å². The van der Waals surface area contributed by atoms with Crippen LogP contribution in [-0.2, 0) is 9.59 Å². The minimum atomic E-state index is -0.835. The molecule has 0 bridgehead atoms. The van der Waals surface area contributed by atoms with Crippen LogP contribution in [-0.4, -0.2) is 34.3 Å². The minimum Gasteiger partial charge on any atom is -0.490 e. The van der Waals surface area contributed by atoms with Crippen LogP contribution < -0.4 is 19.3 Å². The highest BCUT2D eigenvalue weighted by Gasteiger charge is 2.43. The summed E-state index contributed by atoms with van der Waals surface area (Å²) in [5, 5.41) is 22.7. The molecule has 1 fully saturated rings. The SMILES string of the molecule is CCOc1cc(C=C2C(=O)N(c3ccccc3)C(=O)N(c3ccccc3)C2=O)ccc1Oc1ccc([N+](=O)[O-])cc1[N+](=O)[O-]. The van der Waals surface area contributed by atoms with Crippen LogP contribution in [0.4, 0.5) is 27.5 Å². The fourth-order valence-corrected chi connectivity index (χ4v) is 4.44. The lowest BCUT2D eigenvalue weighted by Crippen LogP contribution is -2.57. The molecule has 220 valence electrons. The first kappa shape index (κ1) is 29.1. The van der Waals surface area contributed by atoms with E-state index in [1.165, 1.54) is 24.3 Å². The number of carbonyl (C=O) groups excluding carboxylic acids is 3. The number of barbiturate groups is 1. The summed E-state index contributed by atoms with van der Waals surface area (Å²) in [5.41, 5.74) is -0.551. The van der Waals surface area contributed by atoms with Gasteiger partial charge in [-0.25, -0.2) is 14.6 Å². The summed E-state index contributed by atoms with van der Waals surface area (Å²) in [5.74, 6) is -1.78. The van der Waals surface area contributed by atoms with E-state index in [2.05, 4.69) is 0 Å². The standard InChI is InChI=1S/C31H22N4O9/c1-2-43-28-18-20(13-15-27(28)44-26-16-14-23(34(39)40)19-25(26)35(41)42)17-24-29(36)32(21-9-5-3-6-10-21)31(38)33(30(24)37)22-11-7-4-8-12-22/h3-19H,2H2,1H3. The van der Waals surface area contributed by atoms with E-state index in [-0.39, 0.29) is 40.8 Å². The number of hydrogen-bond donors (Lipinski definition) is 0. The number of non-ortho nitro benzene ring substituents is 1. The van der Waals surface area contributed by atoms with Crippen molar-refractivity contribution in [2.24, 2.45) is 0 Å². The molecule has 13 heteroatoms. The normalized spacial score (nSPS) is 13.1. The van der Waals surface area contributed by atoms with Gasteiger partial charge >= 0.3 is 11.7 Å². The zero-order valence-electron chi connectivity index (χ0n) is 23.0. The Balaban J connectivity index is 1.56. The number of imide groups is 2. The molecule has 0 N–H and O–H groups in total. The number of para-hydroxylation sites is 2. The maximum absolute atomic E-state index is 13.6. The highest BCUT2D eigenvalue weighted by Crippen LogP contribution is 2.39. The van der Waals surface area contributed by atoms with E-state index in [9.17, 15) is 34.6 Å². The molecule has 0 radical (unpaired) electrons. The fourth-order valence-electron chi connectivity index (χ4n) is 4.44. The molecule has 0 spiro atoms. The third-order valence-electron chi connectivity index (χ3n) is 6.43. The number of nitro groups is 2. The molecule has 4 aromatic carbocycles. The molecule has 0 aromatic heterocycles. The summed E-state index contributed by atoms with van der Waals surface area (Å²) < 4.78 is 11.4. The Kier molecular flexibility index (Phi) is 8.11. The molecular formula is C31H22N4O9. The molecular weight excluding hydrogens is 572 g/mol. The van der Waals surface area contributed by atoms with Crippen LogP contribution in [0.3, 0.4) is 0 Å². The lowest BCUT2D eigenvalue weighted by molar-refractivity contribution is -0.394. The lowest BCUT2D eigenvalue weighted by atomic mass is 10.0. The van der Waals surface area contributed by atoms with Crippen molar-refractivity contribution >= 4 is 46.7 Å². The number of rotatable bonds is 9. The van der Waals surface area contributed by atoms with E-state index >= 15 is 0 Å². The van der Waals surface area contributed by atoms with Crippen molar-refractivity contribution in [1.29, 1.82) is 0 Å². The quantitative estimate of drug-likeness (QED) is 0.0939. The predicted molar refractivity (Wildman–Crippen MR) is 159 cm³/mol. The number of hydrogen-bond acceptors (Lipinski definition) is 9. The summed E-state index contributed by atoms with van der Waals surface area (Å²) in [6.45, 7) is 1.85. The molecule has 4 amide bonds. The molecule has 1 heterocycles. The van der Waals surface area contributed by atoms with E-state index in [4.69, 9.17) is 9.47 Å². The largest absolute Gasteiger partial charge is 0.490 e. The third-order valence-corrected chi connectivity index (χ3v) is 6.43. The summed E-state index contributed by atoms with van der Waals surface area (Å²) in [7, 11) is 0. The summed E-state index contributed by atoms with van der Waals surface area (Å²) in [6.07, 6.45) is 1.31. The number of nitrogens with zero attached hydrogens (tertiary/aromatic N) is 4. The van der Waals surface area contributed by atoms with Crippen molar-refractivity contribution in [3.05, 3.63) is 128 Å². The van der Waals surface area contributed by atoms with Gasteiger partial charge in [-0.15, -0.1) is 0 Å². The molecule has 0 aliphatic carbocycles. The van der Waals surface area contributed by atoms with Gasteiger partial charge in [0.05, 0.1) is 33.9 Å². The van der Waals surface area contributed by atoms with Crippen molar-refractivity contribution in [1.82, 2.24) is 0 Å². The average molecular weight is 595 g/mol. The van der Waals surface area contributed by atoms with Gasteiger partial charge < -0.3 is 9.47 Å². The number of ether oxygens (including phenoxy) is 2. The second-order valence-electron chi connectivity index (χ2n) is 9.20. The Morgan fingerprint density at radius 1 is 0.705 bits per heavy atom. The van der Waals surface area contributed by atoms with Gasteiger partial charge in [0.2, 0.25) is 5.75 Å². The van der Waals surface area contributed by atoms with Gasteiger partial charge in [0.25, 0.3) is 17.5 Å². The predicted octanol–water partition coefficient (Wildman–Crippen LogP) is 6.28. The molecule has 1 aliphatic heterocycles. The van der Waals surface area contributed by atoms with E-state index in [0.29, 0.717) is 5.56 Å². The molecule has 0 unspecified atom stereocenters. The highest BCUT2D eigenvalue weighted by molar-refractivity contribution is 6.46. The maximum Gasteiger partial charge on any atom is 0.343 e. The zero-order chi connectivity index (χ0) is 31.4. The van der Waals surface area contributed by atoms with Gasteiger partial charge in [-0.3, -0.25) is 29.8 Å². The van der Waals surface area contributed by atoms with Crippen LogP contribution in [0.1, 0.15) is 12.5 Å². The maximum atomic E-state index is 13.6. The molecule has 44 heavy (non-hydrogen) atoms. The Bertz CT molecular complexity index is 1760. The van der Waals surface area contributed by atoms with Gasteiger partial charge in [0.1, 0.15) is 5.57 Å². The minimum absolute atomic E-state index is 0.0410. The van der Waals surface area contributed by atoms with E-state index in [1.807, 2.05) is 0 Å². The first-order valence-corrected chi connectivity index (χ1v) is 13.1. The lowest BCUT2D eigenvalue weighted by Gasteiger charge is -2.33. The van der Waals surface area contributed by atoms with Crippen LogP contribution in [0.5, 0.6) is 17.2 Å². The molecule has 0 atom stereocenters. The topological polar surface area (TPSA) is 162 Å². The van der Waals surface area contributed by atoms with Crippen LogP contribution in [0, 0.1) is 20.2 Å². The van der Waals surface area contributed by atoms with Gasteiger partial charge in [0.15, 0.2) is 11.5 Å². The summed E-state index contributed by atoms with van der Waals surface area (Å²) in [6, 6.07) is 22.9. The smallest absolute Gasteiger partial charge is 0.343 e. The first-order valence-electron chi connectivity index (χ1n) is 13.1. The van der Waals surface area contributed by atoms with Crippen LogP contribution in [0.25, 0.3) is 6.08 Å². The monoisotopic (exact) mass is 594 g/mol. The second-order valence-corrected chi connectivity index (χ2v) is 9.20. The Labute approximate surface area is 249 Å². The average Bonchev–Trinajstić information content (AvgIpc) is 3.01. The van der Waals surface area contributed by atoms with E-state index in [0.717, 1.165) is 28.0 Å². The second kappa shape index (κ2) is 12.2. The highest BCUT2D eigenvalue weighted by atomic mass is 16.6. The fraction of sp³-hybridized carbons (Fsp3) is 0.0645. The molecule has 4 aromatic rings. The van der Waals surface area contributed by atoms with Crippen molar-refractivity contribution in [3.63, 3.8) is 0 Å². The van der Waals surface area contributed by atoms with Gasteiger partial charge in [-0.1, -0.05) is 42.5 Å². The van der Waals surface area contributed by atoms with Crippen LogP contribution in [0.2, 0.25) is 0 Å². The van der Waals surface area contributed by atoms with Crippen molar-refractivity contribution in [2.75, 3.05) is 16.4 Å². The molecule has 0 saturated carbocycles.